The Morgan fingerprint density at radius 3 is 2.26 bits per heavy atom. The van der Waals surface area contributed by atoms with Crippen molar-refractivity contribution in [2.75, 3.05) is 11.5 Å². The third-order valence-electron chi connectivity index (χ3n) is 6.30. The van der Waals surface area contributed by atoms with Gasteiger partial charge >= 0.3 is 6.18 Å². The predicted molar refractivity (Wildman–Crippen MR) is 139 cm³/mol. The SMILES string of the molecule is Cc1cccc(C2/C(=C(/O)c3ccc(OCC(C)C)c(C)c3)C(=O)C(=O)N2c2ccc(C(F)(F)F)cc2)c1. The number of halogens is 3. The highest BCUT2D eigenvalue weighted by Gasteiger charge is 2.47. The van der Waals surface area contributed by atoms with Crippen molar-refractivity contribution in [2.45, 2.75) is 39.9 Å². The number of Topliss-reactive ketones (excluding diaryl/α,β-unsaturated/α-hetero) is 1. The molecule has 1 heterocycles. The van der Waals surface area contributed by atoms with Gasteiger partial charge in [0, 0.05) is 11.3 Å². The highest BCUT2D eigenvalue weighted by molar-refractivity contribution is 6.51. The number of anilines is 1. The summed E-state index contributed by atoms with van der Waals surface area (Å²) >= 11 is 0. The molecule has 0 aromatic heterocycles. The fourth-order valence-corrected chi connectivity index (χ4v) is 4.44. The van der Waals surface area contributed by atoms with E-state index in [0.29, 0.717) is 29.4 Å². The molecule has 38 heavy (non-hydrogen) atoms. The molecule has 1 unspecified atom stereocenters. The van der Waals surface area contributed by atoms with Gasteiger partial charge in [-0.3, -0.25) is 14.5 Å². The fraction of sp³-hybridized carbons (Fsp3) is 0.267. The van der Waals surface area contributed by atoms with Crippen LogP contribution in [0.2, 0.25) is 0 Å². The summed E-state index contributed by atoms with van der Waals surface area (Å²) in [5.74, 6) is -1.28. The lowest BCUT2D eigenvalue weighted by Gasteiger charge is -2.26. The van der Waals surface area contributed by atoms with Crippen molar-refractivity contribution in [1.82, 2.24) is 0 Å². The lowest BCUT2D eigenvalue weighted by Crippen LogP contribution is -2.29. The number of carbonyl (C=O) groups excluding carboxylic acids is 2. The first kappa shape index (κ1) is 27.0. The number of benzene rings is 3. The van der Waals surface area contributed by atoms with Crippen molar-refractivity contribution >= 4 is 23.1 Å². The molecule has 1 aliphatic heterocycles. The van der Waals surface area contributed by atoms with E-state index >= 15 is 0 Å². The van der Waals surface area contributed by atoms with Gasteiger partial charge in [-0.05, 0) is 73.4 Å². The van der Waals surface area contributed by atoms with Gasteiger partial charge in [-0.2, -0.15) is 13.2 Å². The quantitative estimate of drug-likeness (QED) is 0.215. The normalized spacial score (nSPS) is 17.4. The zero-order chi connectivity index (χ0) is 27.8. The average Bonchev–Trinajstić information content (AvgIpc) is 3.12. The minimum atomic E-state index is -4.55. The van der Waals surface area contributed by atoms with Crippen LogP contribution in [-0.2, 0) is 15.8 Å². The van der Waals surface area contributed by atoms with Gasteiger partial charge in [-0.25, -0.2) is 0 Å². The van der Waals surface area contributed by atoms with Crippen LogP contribution >= 0.6 is 0 Å². The standard InChI is InChI=1S/C30H28F3NO4/c1-17(2)16-38-24-13-8-21(15-19(24)4)27(35)25-26(20-7-5-6-18(3)14-20)34(29(37)28(25)36)23-11-9-22(10-12-23)30(31,32)33/h5-15,17,26,35H,16H2,1-4H3/b27-25-. The summed E-state index contributed by atoms with van der Waals surface area (Å²) in [5.41, 5.74) is 1.54. The van der Waals surface area contributed by atoms with Crippen molar-refractivity contribution in [3.8, 4) is 5.75 Å². The van der Waals surface area contributed by atoms with E-state index in [1.54, 1.807) is 36.4 Å². The molecule has 0 spiro atoms. The zero-order valence-electron chi connectivity index (χ0n) is 21.5. The summed E-state index contributed by atoms with van der Waals surface area (Å²) in [5, 5.41) is 11.3. The Labute approximate surface area is 219 Å². The molecular formula is C30H28F3NO4. The Morgan fingerprint density at radius 1 is 1.00 bits per heavy atom. The molecule has 1 saturated heterocycles. The molecular weight excluding hydrogens is 495 g/mol. The number of carbonyl (C=O) groups is 2. The first-order chi connectivity index (χ1) is 17.9. The van der Waals surface area contributed by atoms with Gasteiger partial charge in [0.15, 0.2) is 0 Å². The highest BCUT2D eigenvalue weighted by atomic mass is 19.4. The van der Waals surface area contributed by atoms with Gasteiger partial charge < -0.3 is 9.84 Å². The molecule has 1 N–H and O–H groups in total. The number of rotatable bonds is 6. The van der Waals surface area contributed by atoms with E-state index in [1.165, 1.54) is 0 Å². The van der Waals surface area contributed by atoms with Crippen LogP contribution in [0.4, 0.5) is 18.9 Å². The van der Waals surface area contributed by atoms with Crippen LogP contribution in [0.15, 0.2) is 72.3 Å². The molecule has 1 fully saturated rings. The molecule has 0 radical (unpaired) electrons. The molecule has 1 amide bonds. The van der Waals surface area contributed by atoms with E-state index in [9.17, 15) is 27.9 Å². The van der Waals surface area contributed by atoms with Crippen LogP contribution < -0.4 is 9.64 Å². The lowest BCUT2D eigenvalue weighted by atomic mass is 9.93. The van der Waals surface area contributed by atoms with E-state index in [4.69, 9.17) is 4.74 Å². The zero-order valence-corrected chi connectivity index (χ0v) is 21.5. The number of aliphatic hydroxyl groups excluding tert-OH is 1. The van der Waals surface area contributed by atoms with Crippen molar-refractivity contribution in [3.63, 3.8) is 0 Å². The number of alkyl halides is 3. The molecule has 3 aromatic rings. The smallest absolute Gasteiger partial charge is 0.416 e. The number of nitrogens with zero attached hydrogens (tertiary/aromatic N) is 1. The van der Waals surface area contributed by atoms with E-state index in [2.05, 4.69) is 0 Å². The van der Waals surface area contributed by atoms with Crippen molar-refractivity contribution < 1.29 is 32.6 Å². The van der Waals surface area contributed by atoms with Crippen LogP contribution in [0.1, 0.15) is 47.7 Å². The van der Waals surface area contributed by atoms with Crippen LogP contribution in [0.25, 0.3) is 5.76 Å². The number of aliphatic hydroxyl groups is 1. The van der Waals surface area contributed by atoms with E-state index in [0.717, 1.165) is 40.3 Å². The van der Waals surface area contributed by atoms with Crippen LogP contribution in [0, 0.1) is 19.8 Å². The van der Waals surface area contributed by atoms with E-state index in [-0.39, 0.29) is 17.0 Å². The predicted octanol–water partition coefficient (Wildman–Crippen LogP) is 6.98. The Balaban J connectivity index is 1.84. The minimum absolute atomic E-state index is 0.110. The Kier molecular flexibility index (Phi) is 7.35. The third-order valence-corrected chi connectivity index (χ3v) is 6.30. The molecule has 0 bridgehead atoms. The van der Waals surface area contributed by atoms with Crippen molar-refractivity contribution in [3.05, 3.63) is 100 Å². The number of ketones is 1. The topological polar surface area (TPSA) is 66.8 Å². The van der Waals surface area contributed by atoms with E-state index in [1.807, 2.05) is 33.8 Å². The fourth-order valence-electron chi connectivity index (χ4n) is 4.44. The molecule has 1 aliphatic rings. The van der Waals surface area contributed by atoms with Crippen molar-refractivity contribution in [1.29, 1.82) is 0 Å². The summed E-state index contributed by atoms with van der Waals surface area (Å²) in [6, 6.07) is 15.0. The lowest BCUT2D eigenvalue weighted by molar-refractivity contribution is -0.137. The molecule has 0 saturated carbocycles. The summed E-state index contributed by atoms with van der Waals surface area (Å²) in [6.45, 7) is 8.21. The second-order valence-corrected chi connectivity index (χ2v) is 9.81. The number of hydrogen-bond acceptors (Lipinski definition) is 4. The monoisotopic (exact) mass is 523 g/mol. The number of hydrogen-bond donors (Lipinski definition) is 1. The third kappa shape index (κ3) is 5.30. The number of amides is 1. The van der Waals surface area contributed by atoms with Crippen molar-refractivity contribution in [2.24, 2.45) is 5.92 Å². The van der Waals surface area contributed by atoms with Crippen LogP contribution in [0.3, 0.4) is 0 Å². The van der Waals surface area contributed by atoms with Crippen LogP contribution in [-0.4, -0.2) is 23.4 Å². The second kappa shape index (κ2) is 10.4. The maximum atomic E-state index is 13.3. The summed E-state index contributed by atoms with van der Waals surface area (Å²) in [4.78, 5) is 27.7. The van der Waals surface area contributed by atoms with E-state index < -0.39 is 29.5 Å². The van der Waals surface area contributed by atoms with Crippen LogP contribution in [0.5, 0.6) is 5.75 Å². The maximum absolute atomic E-state index is 13.3. The average molecular weight is 524 g/mol. The molecule has 1 atom stereocenters. The molecule has 5 nitrogen and oxygen atoms in total. The van der Waals surface area contributed by atoms with Gasteiger partial charge in [-0.1, -0.05) is 43.7 Å². The highest BCUT2D eigenvalue weighted by Crippen LogP contribution is 2.43. The first-order valence-electron chi connectivity index (χ1n) is 12.2. The minimum Gasteiger partial charge on any atom is -0.507 e. The Morgan fingerprint density at radius 2 is 1.68 bits per heavy atom. The summed E-state index contributed by atoms with van der Waals surface area (Å²) in [7, 11) is 0. The maximum Gasteiger partial charge on any atom is 0.416 e. The molecule has 198 valence electrons. The summed E-state index contributed by atoms with van der Waals surface area (Å²) < 4.78 is 45.2. The molecule has 0 aliphatic carbocycles. The van der Waals surface area contributed by atoms with Gasteiger partial charge in [0.25, 0.3) is 11.7 Å². The van der Waals surface area contributed by atoms with Gasteiger partial charge in [0.05, 0.1) is 23.8 Å². The number of ether oxygens (including phenoxy) is 1. The Bertz CT molecular complexity index is 1410. The van der Waals surface area contributed by atoms with Gasteiger partial charge in [0.1, 0.15) is 11.5 Å². The molecule has 8 heteroatoms. The molecule has 3 aromatic carbocycles. The second-order valence-electron chi connectivity index (χ2n) is 9.81. The van der Waals surface area contributed by atoms with Gasteiger partial charge in [0.2, 0.25) is 0 Å². The number of aryl methyl sites for hydroxylation is 2. The Hall–Kier alpha value is -4.07. The molecule has 4 rings (SSSR count). The largest absolute Gasteiger partial charge is 0.507 e. The first-order valence-corrected chi connectivity index (χ1v) is 12.2. The summed E-state index contributed by atoms with van der Waals surface area (Å²) in [6.07, 6.45) is -4.55. The van der Waals surface area contributed by atoms with Gasteiger partial charge in [-0.15, -0.1) is 0 Å².